The van der Waals surface area contributed by atoms with Gasteiger partial charge in [-0.15, -0.1) is 0 Å². The lowest BCUT2D eigenvalue weighted by Gasteiger charge is -2.20. The molecule has 0 spiro atoms. The molecule has 4 aromatic rings. The van der Waals surface area contributed by atoms with E-state index in [0.29, 0.717) is 59.2 Å². The van der Waals surface area contributed by atoms with Crippen LogP contribution in [-0.2, 0) is 9.59 Å². The fourth-order valence-electron chi connectivity index (χ4n) is 6.31. The van der Waals surface area contributed by atoms with E-state index >= 15 is 0 Å². The number of methoxy groups -OCH3 is 4. The number of hydrogen-bond acceptors (Lipinski definition) is 8. The predicted octanol–water partition coefficient (Wildman–Crippen LogP) is 8.77. The smallest absolute Gasteiger partial charge is 0.278 e. The molecule has 2 amide bonds. The second kappa shape index (κ2) is 17.7. The molecule has 54 heavy (non-hydrogen) atoms. The van der Waals surface area contributed by atoms with Gasteiger partial charge < -0.3 is 18.9 Å². The number of carbonyl (C=O) groups is 2. The number of nitrogens with zero attached hydrogens (tertiary/aromatic N) is 4. The van der Waals surface area contributed by atoms with E-state index < -0.39 is 0 Å². The van der Waals surface area contributed by atoms with Crippen molar-refractivity contribution in [2.24, 2.45) is 9.98 Å². The second-order valence-corrected chi connectivity index (χ2v) is 14.2. The van der Waals surface area contributed by atoms with Gasteiger partial charge in [-0.3, -0.25) is 19.4 Å². The van der Waals surface area contributed by atoms with Crippen LogP contribution in [0.3, 0.4) is 0 Å². The maximum absolute atomic E-state index is 13.8. The molecule has 0 fully saturated rings. The zero-order chi connectivity index (χ0) is 38.2. The van der Waals surface area contributed by atoms with Crippen LogP contribution < -0.4 is 18.9 Å². The SMILES string of the molecule is COc1ccc(/C=C2\N=C(c3ccccc3Br)N(CCCCCCN3C(=O)/C(=C\c4ccc(OC)c(OC)c4)N=C3c3ccccc3Br)C2=O)cc1OC. The molecule has 2 aliphatic heterocycles. The highest BCUT2D eigenvalue weighted by molar-refractivity contribution is 9.10. The normalized spacial score (nSPS) is 15.6. The molecule has 0 N–H and O–H groups in total. The van der Waals surface area contributed by atoms with Crippen LogP contribution in [0.4, 0.5) is 0 Å². The Morgan fingerprint density at radius 2 is 0.926 bits per heavy atom. The van der Waals surface area contributed by atoms with Crippen molar-refractivity contribution in [1.82, 2.24) is 9.80 Å². The van der Waals surface area contributed by atoms with Gasteiger partial charge in [0.15, 0.2) is 23.0 Å². The lowest BCUT2D eigenvalue weighted by atomic mass is 10.1. The predicted molar refractivity (Wildman–Crippen MR) is 218 cm³/mol. The zero-order valence-corrected chi connectivity index (χ0v) is 33.6. The van der Waals surface area contributed by atoms with Gasteiger partial charge in [0.1, 0.15) is 23.1 Å². The molecular weight excluding hydrogens is 816 g/mol. The molecule has 0 atom stereocenters. The van der Waals surface area contributed by atoms with Crippen molar-refractivity contribution in [2.45, 2.75) is 25.7 Å². The molecule has 0 saturated carbocycles. The van der Waals surface area contributed by atoms with E-state index in [1.807, 2.05) is 72.8 Å². The van der Waals surface area contributed by atoms with Gasteiger partial charge in [-0.25, -0.2) is 9.98 Å². The number of ether oxygens (including phenoxy) is 4. The van der Waals surface area contributed by atoms with Crippen LogP contribution in [0, 0.1) is 0 Å². The van der Waals surface area contributed by atoms with Crippen LogP contribution in [0.2, 0.25) is 0 Å². The molecule has 12 heteroatoms. The van der Waals surface area contributed by atoms with Gasteiger partial charge >= 0.3 is 0 Å². The van der Waals surface area contributed by atoms with Crippen LogP contribution in [-0.4, -0.2) is 74.8 Å². The Balaban J connectivity index is 1.13. The summed E-state index contributed by atoms with van der Waals surface area (Å²) in [5.41, 5.74) is 3.91. The number of rotatable bonds is 15. The van der Waals surface area contributed by atoms with E-state index in [0.717, 1.165) is 56.9 Å². The number of hydrogen-bond donors (Lipinski definition) is 0. The summed E-state index contributed by atoms with van der Waals surface area (Å²) in [6.45, 7) is 0.986. The van der Waals surface area contributed by atoms with Gasteiger partial charge in [0.05, 0.1) is 28.4 Å². The van der Waals surface area contributed by atoms with Crippen LogP contribution in [0.5, 0.6) is 23.0 Å². The number of benzene rings is 4. The molecular formula is C42H40Br2N4O6. The number of aliphatic imine (C=N–C) groups is 2. The highest BCUT2D eigenvalue weighted by Gasteiger charge is 2.33. The number of carbonyl (C=O) groups excluding carboxylic acids is 2. The van der Waals surface area contributed by atoms with E-state index in [9.17, 15) is 9.59 Å². The first-order chi connectivity index (χ1) is 26.3. The maximum atomic E-state index is 13.8. The zero-order valence-electron chi connectivity index (χ0n) is 30.5. The Hall–Kier alpha value is -5.20. The van der Waals surface area contributed by atoms with Crippen molar-refractivity contribution in [2.75, 3.05) is 41.5 Å². The molecule has 0 bridgehead atoms. The molecule has 0 aliphatic carbocycles. The highest BCUT2D eigenvalue weighted by atomic mass is 79.9. The number of amidine groups is 2. The van der Waals surface area contributed by atoms with Gasteiger partial charge in [0, 0.05) is 33.2 Å². The fraction of sp³-hybridized carbons (Fsp3) is 0.238. The fourth-order valence-corrected chi connectivity index (χ4v) is 7.23. The Morgan fingerprint density at radius 1 is 0.537 bits per heavy atom. The Labute approximate surface area is 332 Å². The average molecular weight is 857 g/mol. The average Bonchev–Trinajstić information content (AvgIpc) is 3.66. The van der Waals surface area contributed by atoms with Crippen LogP contribution >= 0.6 is 31.9 Å². The summed E-state index contributed by atoms with van der Waals surface area (Å²) >= 11 is 7.30. The molecule has 0 aromatic heterocycles. The first-order valence-electron chi connectivity index (χ1n) is 17.4. The van der Waals surface area contributed by atoms with E-state index in [2.05, 4.69) is 31.9 Å². The van der Waals surface area contributed by atoms with Crippen LogP contribution in [0.1, 0.15) is 47.9 Å². The van der Waals surface area contributed by atoms with E-state index in [1.165, 1.54) is 0 Å². The first kappa shape index (κ1) is 38.5. The third kappa shape index (κ3) is 8.45. The lowest BCUT2D eigenvalue weighted by Crippen LogP contribution is -2.34. The minimum atomic E-state index is -0.165. The molecule has 4 aromatic carbocycles. The Bertz CT molecular complexity index is 2030. The highest BCUT2D eigenvalue weighted by Crippen LogP contribution is 2.33. The molecule has 0 unspecified atom stereocenters. The summed E-state index contributed by atoms with van der Waals surface area (Å²) in [7, 11) is 6.32. The van der Waals surface area contributed by atoms with Crippen LogP contribution in [0.15, 0.2) is 115 Å². The number of amides is 2. The monoisotopic (exact) mass is 854 g/mol. The summed E-state index contributed by atoms with van der Waals surface area (Å²) in [5.74, 6) is 3.22. The topological polar surface area (TPSA) is 102 Å². The Kier molecular flexibility index (Phi) is 12.7. The first-order valence-corrected chi connectivity index (χ1v) is 19.0. The molecule has 0 saturated heterocycles. The molecule has 278 valence electrons. The van der Waals surface area contributed by atoms with E-state index in [-0.39, 0.29) is 11.8 Å². The van der Waals surface area contributed by atoms with Gasteiger partial charge in [0.25, 0.3) is 11.8 Å². The van der Waals surface area contributed by atoms with Crippen molar-refractivity contribution in [1.29, 1.82) is 0 Å². The van der Waals surface area contributed by atoms with Crippen molar-refractivity contribution in [3.8, 4) is 23.0 Å². The van der Waals surface area contributed by atoms with Crippen molar-refractivity contribution in [3.05, 3.63) is 128 Å². The van der Waals surface area contributed by atoms with Crippen molar-refractivity contribution < 1.29 is 28.5 Å². The largest absolute Gasteiger partial charge is 0.493 e. The summed E-state index contributed by atoms with van der Waals surface area (Å²) in [6.07, 6.45) is 6.74. The van der Waals surface area contributed by atoms with Crippen LogP contribution in [0.25, 0.3) is 12.2 Å². The summed E-state index contributed by atoms with van der Waals surface area (Å²) in [5, 5.41) is 0. The van der Waals surface area contributed by atoms with Crippen molar-refractivity contribution in [3.63, 3.8) is 0 Å². The molecule has 6 rings (SSSR count). The minimum absolute atomic E-state index is 0.165. The van der Waals surface area contributed by atoms with Gasteiger partial charge in [-0.05, 0) is 72.5 Å². The lowest BCUT2D eigenvalue weighted by molar-refractivity contribution is -0.123. The van der Waals surface area contributed by atoms with E-state index in [1.54, 1.807) is 62.5 Å². The molecule has 0 radical (unpaired) electrons. The quantitative estimate of drug-likeness (QED) is 0.0876. The third-order valence-electron chi connectivity index (χ3n) is 9.06. The second-order valence-electron chi connectivity index (χ2n) is 12.4. The molecule has 2 heterocycles. The van der Waals surface area contributed by atoms with Gasteiger partial charge in [0.2, 0.25) is 0 Å². The summed E-state index contributed by atoms with van der Waals surface area (Å²) in [4.78, 5) is 40.8. The number of unbranched alkanes of at least 4 members (excludes halogenated alkanes) is 3. The number of halogens is 2. The molecule has 10 nitrogen and oxygen atoms in total. The van der Waals surface area contributed by atoms with Gasteiger partial charge in [-0.1, -0.05) is 93.2 Å². The molecule has 2 aliphatic rings. The van der Waals surface area contributed by atoms with Gasteiger partial charge in [-0.2, -0.15) is 0 Å². The minimum Gasteiger partial charge on any atom is -0.493 e. The maximum Gasteiger partial charge on any atom is 0.278 e. The Morgan fingerprint density at radius 3 is 1.30 bits per heavy atom. The standard InChI is InChI=1S/C42H40Br2N4O6/c1-51-35-19-17-27(25-37(35)53-3)23-33-41(49)47(39(45-33)29-13-7-9-15-31(29)43)21-11-5-6-12-22-48-40(30-14-8-10-16-32(30)44)46-34(42(48)50)24-28-18-20-36(52-2)38(26-28)54-4/h7-10,13-20,23-26H,5-6,11-12,21-22H2,1-4H3/b33-23-,34-24+. The van der Waals surface area contributed by atoms with Crippen molar-refractivity contribution >= 4 is 67.5 Å². The summed E-state index contributed by atoms with van der Waals surface area (Å²) in [6, 6.07) is 26.5. The van der Waals surface area contributed by atoms with E-state index in [4.69, 9.17) is 28.9 Å². The summed E-state index contributed by atoms with van der Waals surface area (Å²) < 4.78 is 23.4. The third-order valence-corrected chi connectivity index (χ3v) is 10.4.